The van der Waals surface area contributed by atoms with Crippen molar-refractivity contribution in [3.8, 4) is 11.5 Å². The summed E-state index contributed by atoms with van der Waals surface area (Å²) in [5, 5.41) is 12.6. The third kappa shape index (κ3) is 8.15. The van der Waals surface area contributed by atoms with Gasteiger partial charge in [-0.05, 0) is 55.0 Å². The molecule has 4 nitrogen and oxygen atoms in total. The van der Waals surface area contributed by atoms with E-state index in [0.717, 1.165) is 0 Å². The van der Waals surface area contributed by atoms with Crippen LogP contribution in [0.2, 0.25) is 10.0 Å². The Morgan fingerprint density at radius 1 is 1.03 bits per heavy atom. The Kier molecular flexibility index (Phi) is 9.20. The van der Waals surface area contributed by atoms with E-state index in [9.17, 15) is 31.4 Å². The SMILES string of the molecule is OC(CNC(c1cccc(Oc2cccc(Cl)c2Cl)c1)C1CCCC(OC(F)(F)F)C1)C(F)(F)F. The number of alkyl halides is 6. The minimum atomic E-state index is -4.85. The van der Waals surface area contributed by atoms with Crippen LogP contribution in [0.4, 0.5) is 26.3 Å². The van der Waals surface area contributed by atoms with Gasteiger partial charge in [-0.2, -0.15) is 13.2 Å². The van der Waals surface area contributed by atoms with E-state index in [2.05, 4.69) is 10.1 Å². The minimum Gasteiger partial charge on any atom is -0.456 e. The molecule has 3 rings (SSSR count). The summed E-state index contributed by atoms with van der Waals surface area (Å²) in [4.78, 5) is 0. The van der Waals surface area contributed by atoms with E-state index in [0.29, 0.717) is 24.2 Å². The number of aliphatic hydroxyl groups is 1. The van der Waals surface area contributed by atoms with Crippen LogP contribution < -0.4 is 10.1 Å². The molecule has 4 unspecified atom stereocenters. The molecule has 35 heavy (non-hydrogen) atoms. The van der Waals surface area contributed by atoms with E-state index in [1.54, 1.807) is 42.5 Å². The molecule has 4 atom stereocenters. The van der Waals surface area contributed by atoms with Crippen molar-refractivity contribution in [3.63, 3.8) is 0 Å². The lowest BCUT2D eigenvalue weighted by Gasteiger charge is -2.36. The van der Waals surface area contributed by atoms with Crippen molar-refractivity contribution in [2.75, 3.05) is 6.54 Å². The van der Waals surface area contributed by atoms with Gasteiger partial charge >= 0.3 is 12.5 Å². The molecule has 194 valence electrons. The topological polar surface area (TPSA) is 50.7 Å². The Morgan fingerprint density at radius 3 is 2.43 bits per heavy atom. The Labute approximate surface area is 208 Å². The lowest BCUT2D eigenvalue weighted by Crippen LogP contribution is -2.42. The van der Waals surface area contributed by atoms with Crippen LogP contribution in [0.15, 0.2) is 42.5 Å². The number of benzene rings is 2. The highest BCUT2D eigenvalue weighted by atomic mass is 35.5. The summed E-state index contributed by atoms with van der Waals surface area (Å²) >= 11 is 12.2. The zero-order valence-corrected chi connectivity index (χ0v) is 19.7. The van der Waals surface area contributed by atoms with Crippen LogP contribution in [0.5, 0.6) is 11.5 Å². The predicted molar refractivity (Wildman–Crippen MR) is 119 cm³/mol. The summed E-state index contributed by atoms with van der Waals surface area (Å²) in [5.74, 6) is 0.0694. The second-order valence-corrected chi connectivity index (χ2v) is 9.07. The van der Waals surface area contributed by atoms with Crippen LogP contribution >= 0.6 is 23.2 Å². The average Bonchev–Trinajstić information content (AvgIpc) is 2.76. The first-order valence-electron chi connectivity index (χ1n) is 10.8. The van der Waals surface area contributed by atoms with Gasteiger partial charge < -0.3 is 15.2 Å². The zero-order chi connectivity index (χ0) is 25.8. The molecule has 2 N–H and O–H groups in total. The van der Waals surface area contributed by atoms with Gasteiger partial charge in [0.05, 0.1) is 11.1 Å². The summed E-state index contributed by atoms with van der Waals surface area (Å²) in [5.41, 5.74) is 0.479. The summed E-state index contributed by atoms with van der Waals surface area (Å²) in [6.45, 7) is -0.833. The van der Waals surface area contributed by atoms with E-state index >= 15 is 0 Å². The van der Waals surface area contributed by atoms with Crippen LogP contribution in [0.1, 0.15) is 37.3 Å². The molecule has 2 aromatic rings. The number of ether oxygens (including phenoxy) is 2. The quantitative estimate of drug-likeness (QED) is 0.338. The maximum absolute atomic E-state index is 12.9. The fourth-order valence-corrected chi connectivity index (χ4v) is 4.48. The highest BCUT2D eigenvalue weighted by Crippen LogP contribution is 2.40. The van der Waals surface area contributed by atoms with Gasteiger partial charge in [-0.25, -0.2) is 0 Å². The van der Waals surface area contributed by atoms with Crippen LogP contribution in [-0.2, 0) is 4.74 Å². The van der Waals surface area contributed by atoms with Crippen LogP contribution in [0.3, 0.4) is 0 Å². The van der Waals surface area contributed by atoms with Crippen LogP contribution in [0.25, 0.3) is 0 Å². The molecule has 0 amide bonds. The largest absolute Gasteiger partial charge is 0.522 e. The highest BCUT2D eigenvalue weighted by Gasteiger charge is 2.40. The molecular formula is C23H23Cl2F6NO3. The van der Waals surface area contributed by atoms with Crippen molar-refractivity contribution in [1.29, 1.82) is 0 Å². The molecular weight excluding hydrogens is 523 g/mol. The van der Waals surface area contributed by atoms with Crippen LogP contribution in [-0.4, -0.2) is 36.4 Å². The molecule has 0 heterocycles. The molecule has 2 aromatic carbocycles. The van der Waals surface area contributed by atoms with E-state index in [1.807, 2.05) is 0 Å². The van der Waals surface area contributed by atoms with Gasteiger partial charge in [-0.15, -0.1) is 13.2 Å². The van der Waals surface area contributed by atoms with Crippen molar-refractivity contribution in [3.05, 3.63) is 58.1 Å². The first kappa shape index (κ1) is 27.9. The standard InChI is InChI=1S/C23H23Cl2F6NO3/c24-17-8-3-9-18(20(17)25)34-15-6-1-4-13(10-15)21(32-12-19(33)22(26,27)28)14-5-2-7-16(11-14)35-23(29,30)31/h1,3-4,6,8-10,14,16,19,21,32-33H,2,5,7,11-12H2. The molecule has 0 aromatic heterocycles. The molecule has 1 aliphatic rings. The molecule has 1 fully saturated rings. The molecule has 12 heteroatoms. The van der Waals surface area contributed by atoms with Gasteiger partial charge in [0.2, 0.25) is 0 Å². The van der Waals surface area contributed by atoms with Crippen molar-refractivity contribution in [2.45, 2.75) is 56.5 Å². The number of hydrogen-bond acceptors (Lipinski definition) is 4. The molecule has 1 aliphatic carbocycles. The zero-order valence-electron chi connectivity index (χ0n) is 18.2. The third-order valence-electron chi connectivity index (χ3n) is 5.71. The van der Waals surface area contributed by atoms with Gasteiger partial charge in [-0.3, -0.25) is 4.74 Å². The molecule has 0 radical (unpaired) electrons. The highest BCUT2D eigenvalue weighted by molar-refractivity contribution is 6.42. The van der Waals surface area contributed by atoms with E-state index in [4.69, 9.17) is 27.9 Å². The van der Waals surface area contributed by atoms with E-state index in [1.165, 1.54) is 0 Å². The average molecular weight is 546 g/mol. The Balaban J connectivity index is 1.85. The number of aliphatic hydroxyl groups excluding tert-OH is 1. The number of nitrogens with one attached hydrogen (secondary N) is 1. The van der Waals surface area contributed by atoms with Crippen molar-refractivity contribution in [2.24, 2.45) is 5.92 Å². The first-order valence-corrected chi connectivity index (χ1v) is 11.5. The molecule has 1 saturated carbocycles. The number of rotatable bonds is 8. The van der Waals surface area contributed by atoms with Crippen LogP contribution in [0, 0.1) is 5.92 Å². The Hall–Kier alpha value is -1.72. The van der Waals surface area contributed by atoms with Gasteiger partial charge in [0.1, 0.15) is 16.5 Å². The fourth-order valence-electron chi connectivity index (χ4n) is 4.15. The predicted octanol–water partition coefficient (Wildman–Crippen LogP) is 7.43. The second kappa shape index (κ2) is 11.6. The van der Waals surface area contributed by atoms with Gasteiger partial charge in [0.25, 0.3) is 0 Å². The lowest BCUT2D eigenvalue weighted by atomic mass is 9.79. The Morgan fingerprint density at radius 2 is 1.74 bits per heavy atom. The molecule has 0 bridgehead atoms. The number of halogens is 8. The van der Waals surface area contributed by atoms with Crippen molar-refractivity contribution in [1.82, 2.24) is 5.32 Å². The number of hydrogen-bond donors (Lipinski definition) is 2. The minimum absolute atomic E-state index is 0.0233. The Bertz CT molecular complexity index is 988. The molecule has 0 aliphatic heterocycles. The summed E-state index contributed by atoms with van der Waals surface area (Å²) in [6, 6.07) is 10.4. The van der Waals surface area contributed by atoms with E-state index in [-0.39, 0.29) is 28.6 Å². The maximum atomic E-state index is 12.9. The smallest absolute Gasteiger partial charge is 0.456 e. The van der Waals surface area contributed by atoms with Gasteiger partial charge in [0, 0.05) is 12.6 Å². The summed E-state index contributed by atoms with van der Waals surface area (Å²) < 4.78 is 86.9. The molecule has 0 spiro atoms. The lowest BCUT2D eigenvalue weighted by molar-refractivity contribution is -0.346. The summed E-state index contributed by atoms with van der Waals surface area (Å²) in [7, 11) is 0. The van der Waals surface area contributed by atoms with Gasteiger partial charge in [0.15, 0.2) is 6.10 Å². The normalized spacial score (nSPS) is 20.9. The maximum Gasteiger partial charge on any atom is 0.522 e. The monoisotopic (exact) mass is 545 g/mol. The first-order chi connectivity index (χ1) is 16.3. The fraction of sp³-hybridized carbons (Fsp3) is 0.478. The van der Waals surface area contributed by atoms with Crippen molar-refractivity contribution >= 4 is 23.2 Å². The van der Waals surface area contributed by atoms with Gasteiger partial charge in [-0.1, -0.05) is 47.8 Å². The molecule has 0 saturated heterocycles. The summed E-state index contributed by atoms with van der Waals surface area (Å²) in [6.07, 6.45) is -12.4. The third-order valence-corrected chi connectivity index (χ3v) is 6.51. The second-order valence-electron chi connectivity index (χ2n) is 8.28. The van der Waals surface area contributed by atoms with E-state index < -0.39 is 43.3 Å². The van der Waals surface area contributed by atoms with Crippen molar-refractivity contribution < 1.29 is 40.9 Å².